The largest absolute Gasteiger partial charge is 0.339 e. The smallest absolute Gasteiger partial charge is 0.254 e. The van der Waals surface area contributed by atoms with Crippen molar-refractivity contribution < 1.29 is 4.79 Å². The number of nitrogens with zero attached hydrogens (tertiary/aromatic N) is 3. The van der Waals surface area contributed by atoms with E-state index in [1.165, 1.54) is 17.5 Å². The Balaban J connectivity index is 1.49. The molecule has 2 heterocycles. The van der Waals surface area contributed by atoms with Gasteiger partial charge in [0.15, 0.2) is 4.77 Å². The molecule has 138 valence electrons. The van der Waals surface area contributed by atoms with Crippen LogP contribution >= 0.6 is 12.2 Å². The molecule has 0 atom stereocenters. The average molecular weight is 371 g/mol. The molecular formula is C20H26N4OS. The van der Waals surface area contributed by atoms with Crippen molar-refractivity contribution in [2.45, 2.75) is 57.9 Å². The number of aryl methyl sites for hydroxylation is 1. The molecule has 4 rings (SSSR count). The van der Waals surface area contributed by atoms with Crippen molar-refractivity contribution in [2.24, 2.45) is 0 Å². The topological polar surface area (TPSA) is 53.9 Å². The lowest BCUT2D eigenvalue weighted by atomic mass is 9.94. The number of carbonyl (C=O) groups excluding carboxylic acids is 1. The number of rotatable bonds is 3. The average Bonchev–Trinajstić information content (AvgIpc) is 3.27. The summed E-state index contributed by atoms with van der Waals surface area (Å²) in [6.45, 7) is 5.82. The minimum atomic E-state index is 0.199. The summed E-state index contributed by atoms with van der Waals surface area (Å²) in [6, 6.07) is 6.50. The van der Waals surface area contributed by atoms with Gasteiger partial charge in [0.25, 0.3) is 5.91 Å². The number of carbonyl (C=O) groups is 1. The van der Waals surface area contributed by atoms with Crippen molar-refractivity contribution in [2.75, 3.05) is 13.1 Å². The second kappa shape index (κ2) is 6.99. The molecule has 2 aromatic rings. The van der Waals surface area contributed by atoms with Gasteiger partial charge in [-0.15, -0.1) is 0 Å². The summed E-state index contributed by atoms with van der Waals surface area (Å²) in [5.41, 5.74) is 3.56. The zero-order valence-corrected chi connectivity index (χ0v) is 16.3. The van der Waals surface area contributed by atoms with Crippen LogP contribution in [0.5, 0.6) is 0 Å². The number of amides is 1. The van der Waals surface area contributed by atoms with Crippen LogP contribution in [0.2, 0.25) is 0 Å². The molecule has 0 bridgehead atoms. The van der Waals surface area contributed by atoms with Crippen LogP contribution in [0.4, 0.5) is 0 Å². The van der Waals surface area contributed by atoms with Gasteiger partial charge in [-0.2, -0.15) is 5.10 Å². The number of piperidine rings is 1. The maximum Gasteiger partial charge on any atom is 0.254 e. The fourth-order valence-corrected chi connectivity index (χ4v) is 4.79. The fourth-order valence-electron chi connectivity index (χ4n) is 4.44. The quantitative estimate of drug-likeness (QED) is 0.830. The van der Waals surface area contributed by atoms with E-state index in [0.717, 1.165) is 50.2 Å². The highest BCUT2D eigenvalue weighted by Gasteiger charge is 2.29. The molecule has 5 nitrogen and oxygen atoms in total. The van der Waals surface area contributed by atoms with E-state index in [4.69, 9.17) is 12.2 Å². The molecule has 1 aliphatic heterocycles. The highest BCUT2D eigenvalue weighted by Crippen LogP contribution is 2.31. The molecular weight excluding hydrogens is 344 g/mol. The van der Waals surface area contributed by atoms with Crippen LogP contribution in [0.25, 0.3) is 0 Å². The number of aromatic nitrogens is 3. The molecule has 0 unspecified atom stereocenters. The van der Waals surface area contributed by atoms with Gasteiger partial charge in [-0.25, -0.2) is 0 Å². The van der Waals surface area contributed by atoms with Crippen molar-refractivity contribution in [3.05, 3.63) is 45.5 Å². The predicted octanol–water partition coefficient (Wildman–Crippen LogP) is 4.03. The van der Waals surface area contributed by atoms with Gasteiger partial charge in [-0.3, -0.25) is 9.89 Å². The van der Waals surface area contributed by atoms with Gasteiger partial charge in [-0.1, -0.05) is 12.1 Å². The Labute approximate surface area is 159 Å². The van der Waals surface area contributed by atoms with Crippen molar-refractivity contribution in [3.8, 4) is 0 Å². The van der Waals surface area contributed by atoms with E-state index in [1.807, 2.05) is 17.0 Å². The van der Waals surface area contributed by atoms with Gasteiger partial charge < -0.3 is 9.47 Å². The zero-order chi connectivity index (χ0) is 18.3. The molecule has 0 spiro atoms. The Bertz CT molecular complexity index is 874. The molecule has 1 saturated heterocycles. The molecule has 1 fully saturated rings. The molecule has 6 heteroatoms. The lowest BCUT2D eigenvalue weighted by Crippen LogP contribution is -2.38. The number of likely N-dealkylation sites (tertiary alicyclic amines) is 1. The first-order valence-corrected chi connectivity index (χ1v) is 10.0. The summed E-state index contributed by atoms with van der Waals surface area (Å²) in [5.74, 6) is 1.60. The Hall–Kier alpha value is -1.95. The normalized spacial score (nSPS) is 17.7. The molecule has 2 aliphatic rings. The van der Waals surface area contributed by atoms with Crippen LogP contribution in [-0.2, 0) is 12.8 Å². The number of hydrogen-bond acceptors (Lipinski definition) is 3. The maximum atomic E-state index is 13.1. The van der Waals surface area contributed by atoms with Gasteiger partial charge in [-0.05, 0) is 75.4 Å². The van der Waals surface area contributed by atoms with Gasteiger partial charge in [0, 0.05) is 30.6 Å². The summed E-state index contributed by atoms with van der Waals surface area (Å²) in [7, 11) is 0. The standard InChI is InChI=1S/C20H26N4OS/c1-13(2)24-18(21-22-20(24)26)15-9-11-23(12-10-15)19(25)17-8-4-6-14-5-3-7-16(14)17/h4,6,8,13,15H,3,5,7,9-12H2,1-2H3,(H,22,26). The molecule has 0 saturated carbocycles. The zero-order valence-electron chi connectivity index (χ0n) is 15.5. The Kier molecular flexibility index (Phi) is 4.69. The van der Waals surface area contributed by atoms with E-state index in [0.29, 0.717) is 16.7 Å². The highest BCUT2D eigenvalue weighted by molar-refractivity contribution is 7.71. The van der Waals surface area contributed by atoms with Crippen molar-refractivity contribution in [1.29, 1.82) is 0 Å². The van der Waals surface area contributed by atoms with E-state index in [1.54, 1.807) is 0 Å². The minimum absolute atomic E-state index is 0.199. The van der Waals surface area contributed by atoms with Crippen LogP contribution in [0.3, 0.4) is 0 Å². The third kappa shape index (κ3) is 3.00. The second-order valence-electron chi connectivity index (χ2n) is 7.71. The number of H-pyrrole nitrogens is 1. The monoisotopic (exact) mass is 370 g/mol. The minimum Gasteiger partial charge on any atom is -0.339 e. The number of nitrogens with one attached hydrogen (secondary N) is 1. The van der Waals surface area contributed by atoms with Crippen molar-refractivity contribution >= 4 is 18.1 Å². The third-order valence-electron chi connectivity index (χ3n) is 5.77. The van der Waals surface area contributed by atoms with Crippen LogP contribution in [0.15, 0.2) is 18.2 Å². The molecule has 1 N–H and O–H groups in total. The highest BCUT2D eigenvalue weighted by atomic mass is 32.1. The molecule has 26 heavy (non-hydrogen) atoms. The van der Waals surface area contributed by atoms with E-state index in [9.17, 15) is 4.79 Å². The lowest BCUT2D eigenvalue weighted by molar-refractivity contribution is 0.0709. The molecule has 1 aromatic carbocycles. The summed E-state index contributed by atoms with van der Waals surface area (Å²) >= 11 is 5.37. The first-order valence-electron chi connectivity index (χ1n) is 9.63. The van der Waals surface area contributed by atoms with Gasteiger partial charge >= 0.3 is 0 Å². The molecule has 1 amide bonds. The number of aromatic amines is 1. The summed E-state index contributed by atoms with van der Waals surface area (Å²) in [5, 5.41) is 7.42. The summed E-state index contributed by atoms with van der Waals surface area (Å²) in [6.07, 6.45) is 5.19. The van der Waals surface area contributed by atoms with Crippen LogP contribution < -0.4 is 0 Å². The van der Waals surface area contributed by atoms with E-state index >= 15 is 0 Å². The third-order valence-corrected chi connectivity index (χ3v) is 6.06. The van der Waals surface area contributed by atoms with E-state index in [2.05, 4.69) is 34.7 Å². The SMILES string of the molecule is CC(C)n1c(C2CCN(C(=O)c3cccc4c3CCC4)CC2)n[nH]c1=S. The molecule has 1 aromatic heterocycles. The fraction of sp³-hybridized carbons (Fsp3) is 0.550. The Morgan fingerprint density at radius 2 is 2.04 bits per heavy atom. The number of fused-ring (bicyclic) bond motifs is 1. The van der Waals surface area contributed by atoms with E-state index < -0.39 is 0 Å². The van der Waals surface area contributed by atoms with Crippen LogP contribution in [-0.4, -0.2) is 38.7 Å². The lowest BCUT2D eigenvalue weighted by Gasteiger charge is -2.32. The van der Waals surface area contributed by atoms with Gasteiger partial charge in [0.05, 0.1) is 0 Å². The number of hydrogen-bond donors (Lipinski definition) is 1. The first kappa shape index (κ1) is 17.5. The van der Waals surface area contributed by atoms with Crippen molar-refractivity contribution in [3.63, 3.8) is 0 Å². The second-order valence-corrected chi connectivity index (χ2v) is 8.10. The molecule has 0 radical (unpaired) electrons. The maximum absolute atomic E-state index is 13.1. The Morgan fingerprint density at radius 3 is 2.77 bits per heavy atom. The van der Waals surface area contributed by atoms with E-state index in [-0.39, 0.29) is 5.91 Å². The summed E-state index contributed by atoms with van der Waals surface area (Å²) < 4.78 is 2.80. The van der Waals surface area contributed by atoms with Gasteiger partial charge in [0.2, 0.25) is 0 Å². The first-order chi connectivity index (χ1) is 12.6. The Morgan fingerprint density at radius 1 is 1.27 bits per heavy atom. The van der Waals surface area contributed by atoms with Gasteiger partial charge in [0.1, 0.15) is 5.82 Å². The van der Waals surface area contributed by atoms with Crippen molar-refractivity contribution in [1.82, 2.24) is 19.7 Å². The number of benzene rings is 1. The van der Waals surface area contributed by atoms with Crippen LogP contribution in [0, 0.1) is 4.77 Å². The summed E-state index contributed by atoms with van der Waals surface area (Å²) in [4.78, 5) is 15.1. The molecule has 1 aliphatic carbocycles. The predicted molar refractivity (Wildman–Crippen MR) is 104 cm³/mol. The van der Waals surface area contributed by atoms with Crippen LogP contribution in [0.1, 0.15) is 72.4 Å².